The maximum atomic E-state index is 13.8. The molecule has 3 aromatic rings. The number of amides is 1. The molecule has 2 aromatic heterocycles. The summed E-state index contributed by atoms with van der Waals surface area (Å²) in [6, 6.07) is 11.6. The zero-order valence-corrected chi connectivity index (χ0v) is 23.4. The summed E-state index contributed by atoms with van der Waals surface area (Å²) in [4.78, 5) is 38.5. The van der Waals surface area contributed by atoms with E-state index in [0.29, 0.717) is 44.4 Å². The highest BCUT2D eigenvalue weighted by Crippen LogP contribution is 2.35. The Morgan fingerprint density at radius 3 is 2.57 bits per heavy atom. The SMILES string of the molecule is CC[C@@H](C)N1C(=O)/C(=C/c2c(N3CCN(c4cccc(Cl)c4)CC3)nc3c(C)cccn3c2=O)SC1=S. The molecule has 0 aliphatic carbocycles. The molecular weight excluding hydrogens is 526 g/mol. The zero-order chi connectivity index (χ0) is 26.3. The van der Waals surface area contributed by atoms with Crippen LogP contribution in [-0.2, 0) is 4.79 Å². The lowest BCUT2D eigenvalue weighted by Gasteiger charge is -2.37. The summed E-state index contributed by atoms with van der Waals surface area (Å²) in [6.07, 6.45) is 4.20. The van der Waals surface area contributed by atoms with E-state index in [9.17, 15) is 9.59 Å². The Hall–Kier alpha value is -2.88. The van der Waals surface area contributed by atoms with Gasteiger partial charge in [-0.1, -0.05) is 54.6 Å². The predicted octanol–water partition coefficient (Wildman–Crippen LogP) is 4.98. The third kappa shape index (κ3) is 4.87. The van der Waals surface area contributed by atoms with Gasteiger partial charge >= 0.3 is 0 Å². The number of carbonyl (C=O) groups is 1. The Kier molecular flexibility index (Phi) is 7.29. The highest BCUT2D eigenvalue weighted by Gasteiger charge is 2.35. The molecule has 0 radical (unpaired) electrons. The number of hydrogen-bond donors (Lipinski definition) is 0. The van der Waals surface area contributed by atoms with E-state index in [1.165, 1.54) is 11.8 Å². The standard InChI is InChI=1S/C27H28ClN5O2S2/c1-4-18(3)33-26(35)22(37-27(33)36)16-21-24(29-23-17(2)7-6-10-32(23)25(21)34)31-13-11-30(12-14-31)20-9-5-8-19(28)15-20/h5-10,15-16,18H,4,11-14H2,1-3H3/b22-16-/t18-/m1/s1. The normalized spacial score (nSPS) is 18.4. The van der Waals surface area contributed by atoms with E-state index in [1.54, 1.807) is 21.6 Å². The molecule has 192 valence electrons. The maximum Gasteiger partial charge on any atom is 0.267 e. The summed E-state index contributed by atoms with van der Waals surface area (Å²) >= 11 is 13.0. The Bertz CT molecular complexity index is 1480. The molecule has 10 heteroatoms. The van der Waals surface area contributed by atoms with Crippen LogP contribution in [0.5, 0.6) is 0 Å². The summed E-state index contributed by atoms with van der Waals surface area (Å²) in [6.45, 7) is 8.81. The fraction of sp³-hybridized carbons (Fsp3) is 0.333. The number of aromatic nitrogens is 2. The molecule has 7 nitrogen and oxygen atoms in total. The zero-order valence-electron chi connectivity index (χ0n) is 21.0. The van der Waals surface area contributed by atoms with Gasteiger partial charge in [0.15, 0.2) is 0 Å². The van der Waals surface area contributed by atoms with Crippen LogP contribution in [-0.4, -0.2) is 56.7 Å². The van der Waals surface area contributed by atoms with Crippen molar-refractivity contribution in [3.8, 4) is 0 Å². The summed E-state index contributed by atoms with van der Waals surface area (Å²) in [7, 11) is 0. The van der Waals surface area contributed by atoms with Gasteiger partial charge in [0.1, 0.15) is 15.8 Å². The van der Waals surface area contributed by atoms with E-state index < -0.39 is 0 Å². The highest BCUT2D eigenvalue weighted by atomic mass is 35.5. The average Bonchev–Trinajstić information content (AvgIpc) is 3.18. The van der Waals surface area contributed by atoms with E-state index in [-0.39, 0.29) is 17.5 Å². The minimum absolute atomic E-state index is 0.00378. The number of pyridine rings is 1. The molecule has 0 spiro atoms. The first kappa shape index (κ1) is 25.8. The van der Waals surface area contributed by atoms with Crippen LogP contribution in [0.4, 0.5) is 11.5 Å². The minimum Gasteiger partial charge on any atom is -0.368 e. The number of anilines is 2. The number of aryl methyl sites for hydroxylation is 1. The van der Waals surface area contributed by atoms with Crippen LogP contribution in [0.1, 0.15) is 31.4 Å². The summed E-state index contributed by atoms with van der Waals surface area (Å²) in [5.74, 6) is 0.439. The van der Waals surface area contributed by atoms with Gasteiger partial charge < -0.3 is 9.80 Å². The maximum absolute atomic E-state index is 13.8. The van der Waals surface area contributed by atoms with Gasteiger partial charge in [-0.2, -0.15) is 0 Å². The van der Waals surface area contributed by atoms with Crippen molar-refractivity contribution in [1.29, 1.82) is 0 Å². The molecule has 2 fully saturated rings. The molecule has 2 saturated heterocycles. The van der Waals surface area contributed by atoms with E-state index >= 15 is 0 Å². The molecule has 1 amide bonds. The molecule has 0 saturated carbocycles. The molecule has 5 rings (SSSR count). The van der Waals surface area contributed by atoms with Crippen LogP contribution in [0.3, 0.4) is 0 Å². The van der Waals surface area contributed by atoms with Crippen LogP contribution < -0.4 is 15.4 Å². The van der Waals surface area contributed by atoms with Gasteiger partial charge in [0.2, 0.25) is 0 Å². The topological polar surface area (TPSA) is 61.2 Å². The quantitative estimate of drug-likeness (QED) is 0.326. The number of rotatable bonds is 5. The van der Waals surface area contributed by atoms with Crippen molar-refractivity contribution in [1.82, 2.24) is 14.3 Å². The van der Waals surface area contributed by atoms with Gasteiger partial charge in [0.25, 0.3) is 11.5 Å². The van der Waals surface area contributed by atoms with E-state index in [4.69, 9.17) is 28.8 Å². The van der Waals surface area contributed by atoms with Gasteiger partial charge in [0.05, 0.1) is 10.5 Å². The van der Waals surface area contributed by atoms with Crippen LogP contribution >= 0.6 is 35.6 Å². The molecule has 1 atom stereocenters. The molecular formula is C27H28ClN5O2S2. The number of hydrogen-bond acceptors (Lipinski definition) is 7. The summed E-state index contributed by atoms with van der Waals surface area (Å²) in [5, 5.41) is 0.705. The largest absolute Gasteiger partial charge is 0.368 e. The molecule has 0 bridgehead atoms. The van der Waals surface area contributed by atoms with Gasteiger partial charge in [-0.25, -0.2) is 4.98 Å². The van der Waals surface area contributed by atoms with Crippen molar-refractivity contribution in [3.63, 3.8) is 0 Å². The van der Waals surface area contributed by atoms with Crippen molar-refractivity contribution in [2.75, 3.05) is 36.0 Å². The van der Waals surface area contributed by atoms with Crippen molar-refractivity contribution in [3.05, 3.63) is 74.0 Å². The minimum atomic E-state index is -0.199. The number of nitrogens with zero attached hydrogens (tertiary/aromatic N) is 5. The Balaban J connectivity index is 1.55. The third-order valence-electron chi connectivity index (χ3n) is 6.95. The number of thioether (sulfide) groups is 1. The number of halogens is 1. The molecule has 2 aliphatic heterocycles. The Labute approximate surface area is 230 Å². The fourth-order valence-corrected chi connectivity index (χ4v) is 6.32. The van der Waals surface area contributed by atoms with Crippen molar-refractivity contribution in [2.45, 2.75) is 33.2 Å². The van der Waals surface area contributed by atoms with E-state index in [2.05, 4.69) is 15.9 Å². The first-order valence-corrected chi connectivity index (χ1v) is 13.9. The molecule has 4 heterocycles. The van der Waals surface area contributed by atoms with Crippen LogP contribution in [0.25, 0.3) is 11.7 Å². The summed E-state index contributed by atoms with van der Waals surface area (Å²) < 4.78 is 2.08. The number of fused-ring (bicyclic) bond motifs is 1. The van der Waals surface area contributed by atoms with Crippen LogP contribution in [0.2, 0.25) is 5.02 Å². The second kappa shape index (κ2) is 10.5. The number of thiocarbonyl (C=S) groups is 1. The molecule has 0 N–H and O–H groups in total. The van der Waals surface area contributed by atoms with Gasteiger partial charge in [-0.3, -0.25) is 18.9 Å². The Morgan fingerprint density at radius 2 is 1.86 bits per heavy atom. The van der Waals surface area contributed by atoms with Crippen LogP contribution in [0, 0.1) is 6.92 Å². The molecule has 2 aliphatic rings. The lowest BCUT2D eigenvalue weighted by molar-refractivity contribution is -0.123. The lowest BCUT2D eigenvalue weighted by atomic mass is 10.2. The van der Waals surface area contributed by atoms with Gasteiger partial charge in [-0.05, 0) is 56.2 Å². The highest BCUT2D eigenvalue weighted by molar-refractivity contribution is 8.26. The fourth-order valence-electron chi connectivity index (χ4n) is 4.69. The molecule has 37 heavy (non-hydrogen) atoms. The predicted molar refractivity (Wildman–Crippen MR) is 157 cm³/mol. The van der Waals surface area contributed by atoms with Crippen molar-refractivity contribution >= 4 is 69.0 Å². The number of benzene rings is 1. The van der Waals surface area contributed by atoms with E-state index in [1.807, 2.05) is 51.1 Å². The monoisotopic (exact) mass is 553 g/mol. The van der Waals surface area contributed by atoms with E-state index in [0.717, 1.165) is 30.8 Å². The van der Waals surface area contributed by atoms with Crippen molar-refractivity contribution < 1.29 is 4.79 Å². The number of carbonyl (C=O) groups excluding carboxylic acids is 1. The second-order valence-corrected chi connectivity index (χ2v) is 11.4. The second-order valence-electron chi connectivity index (χ2n) is 9.30. The smallest absolute Gasteiger partial charge is 0.267 e. The Morgan fingerprint density at radius 1 is 1.14 bits per heavy atom. The first-order valence-electron chi connectivity index (χ1n) is 12.3. The van der Waals surface area contributed by atoms with Gasteiger partial charge in [-0.15, -0.1) is 0 Å². The lowest BCUT2D eigenvalue weighted by Crippen LogP contribution is -2.47. The summed E-state index contributed by atoms with van der Waals surface area (Å²) in [5.41, 5.74) is 2.80. The number of piperazine rings is 1. The molecule has 1 aromatic carbocycles. The molecule has 0 unspecified atom stereocenters. The van der Waals surface area contributed by atoms with Crippen LogP contribution in [0.15, 0.2) is 52.3 Å². The average molecular weight is 554 g/mol. The third-order valence-corrected chi connectivity index (χ3v) is 8.51. The van der Waals surface area contributed by atoms with Crippen molar-refractivity contribution in [2.24, 2.45) is 0 Å². The first-order chi connectivity index (χ1) is 17.8. The van der Waals surface area contributed by atoms with Gasteiger partial charge in [0, 0.05) is 49.1 Å².